The number of amides is 2. The van der Waals surface area contributed by atoms with Crippen LogP contribution in [0.1, 0.15) is 36.5 Å². The summed E-state index contributed by atoms with van der Waals surface area (Å²) < 4.78 is 10.8. The van der Waals surface area contributed by atoms with Crippen molar-refractivity contribution in [2.45, 2.75) is 26.2 Å². The van der Waals surface area contributed by atoms with E-state index in [1.807, 2.05) is 0 Å². The molecule has 4 rings (SSSR count). The van der Waals surface area contributed by atoms with Crippen molar-refractivity contribution >= 4 is 23.3 Å². The molecule has 156 valence electrons. The molecule has 30 heavy (non-hydrogen) atoms. The van der Waals surface area contributed by atoms with E-state index in [0.717, 1.165) is 19.3 Å². The van der Waals surface area contributed by atoms with Gasteiger partial charge in [-0.1, -0.05) is 25.1 Å². The molecule has 2 aromatic carbocycles. The number of ketones is 1. The summed E-state index contributed by atoms with van der Waals surface area (Å²) in [5, 5.41) is 0. The van der Waals surface area contributed by atoms with Crippen molar-refractivity contribution in [2.75, 3.05) is 18.6 Å². The Kier molecular flexibility index (Phi) is 5.57. The summed E-state index contributed by atoms with van der Waals surface area (Å²) in [5.74, 6) is 0.626. The van der Waals surface area contributed by atoms with E-state index in [2.05, 4.69) is 6.92 Å². The Morgan fingerprint density at radius 1 is 1.00 bits per heavy atom. The number of benzene rings is 2. The number of anilines is 1. The number of ether oxygens (including phenoxy) is 2. The van der Waals surface area contributed by atoms with E-state index in [1.54, 1.807) is 55.6 Å². The van der Waals surface area contributed by atoms with E-state index < -0.39 is 0 Å². The number of nitrogens with zero attached hydrogens (tertiary/aromatic N) is 1. The summed E-state index contributed by atoms with van der Waals surface area (Å²) in [6, 6.07) is 13.7. The lowest BCUT2D eigenvalue weighted by Gasteiger charge is -2.25. The monoisotopic (exact) mass is 407 g/mol. The average Bonchev–Trinajstić information content (AvgIpc) is 3.01. The molecular formula is C24H25NO5. The molecule has 1 saturated carbocycles. The van der Waals surface area contributed by atoms with Gasteiger partial charge < -0.3 is 9.47 Å². The summed E-state index contributed by atoms with van der Waals surface area (Å²) in [6.45, 7) is 1.98. The maximum atomic E-state index is 12.9. The van der Waals surface area contributed by atoms with Crippen LogP contribution >= 0.6 is 0 Å². The quantitative estimate of drug-likeness (QED) is 0.537. The van der Waals surface area contributed by atoms with Crippen LogP contribution in [0.25, 0.3) is 0 Å². The van der Waals surface area contributed by atoms with Crippen LogP contribution in [-0.2, 0) is 9.59 Å². The van der Waals surface area contributed by atoms with Crippen molar-refractivity contribution in [3.63, 3.8) is 0 Å². The fourth-order valence-electron chi connectivity index (χ4n) is 4.39. The number of hydrogen-bond acceptors (Lipinski definition) is 5. The Balaban J connectivity index is 1.47. The molecule has 0 radical (unpaired) electrons. The molecule has 0 bridgehead atoms. The van der Waals surface area contributed by atoms with Gasteiger partial charge in [0.1, 0.15) is 11.5 Å². The largest absolute Gasteiger partial charge is 0.497 e. The molecule has 0 N–H and O–H groups in total. The lowest BCUT2D eigenvalue weighted by molar-refractivity contribution is -0.122. The highest BCUT2D eigenvalue weighted by Gasteiger charge is 2.50. The van der Waals surface area contributed by atoms with Crippen LogP contribution in [0, 0.1) is 17.8 Å². The van der Waals surface area contributed by atoms with E-state index >= 15 is 0 Å². The number of carbonyl (C=O) groups is 3. The van der Waals surface area contributed by atoms with Gasteiger partial charge in [-0.2, -0.15) is 0 Å². The number of hydrogen-bond donors (Lipinski definition) is 0. The summed E-state index contributed by atoms with van der Waals surface area (Å²) in [4.78, 5) is 39.5. The molecule has 0 spiro atoms. The highest BCUT2D eigenvalue weighted by Crippen LogP contribution is 2.42. The van der Waals surface area contributed by atoms with Crippen molar-refractivity contribution in [3.05, 3.63) is 54.1 Å². The molecule has 0 aromatic heterocycles. The number of Topliss-reactive ketones (excluding diaryl/α,β-unsaturated/α-hetero) is 1. The SMILES string of the molecule is COc1cccc(C(=O)COc2cccc(N3C(=O)C4CCC(C)CC4C3=O)c2)c1. The third-order valence-corrected chi connectivity index (χ3v) is 6.03. The number of imide groups is 1. The van der Waals surface area contributed by atoms with E-state index in [4.69, 9.17) is 9.47 Å². The second-order valence-electron chi connectivity index (χ2n) is 8.08. The number of rotatable bonds is 6. The second-order valence-corrected chi connectivity index (χ2v) is 8.08. The van der Waals surface area contributed by atoms with Crippen molar-refractivity contribution in [1.82, 2.24) is 0 Å². The van der Waals surface area contributed by atoms with Crippen LogP contribution in [0.4, 0.5) is 5.69 Å². The topological polar surface area (TPSA) is 72.9 Å². The molecular weight excluding hydrogens is 382 g/mol. The van der Waals surface area contributed by atoms with Gasteiger partial charge >= 0.3 is 0 Å². The minimum atomic E-state index is -0.222. The molecule has 1 aliphatic carbocycles. The lowest BCUT2D eigenvalue weighted by atomic mass is 9.76. The van der Waals surface area contributed by atoms with Crippen LogP contribution in [0.2, 0.25) is 0 Å². The zero-order valence-electron chi connectivity index (χ0n) is 17.2. The Bertz CT molecular complexity index is 985. The zero-order chi connectivity index (χ0) is 21.3. The van der Waals surface area contributed by atoms with Gasteiger partial charge in [0.15, 0.2) is 12.4 Å². The van der Waals surface area contributed by atoms with Crippen molar-refractivity contribution in [3.8, 4) is 11.5 Å². The fraction of sp³-hybridized carbons (Fsp3) is 0.375. The minimum absolute atomic E-state index is 0.124. The van der Waals surface area contributed by atoms with Gasteiger partial charge in [-0.25, -0.2) is 4.90 Å². The number of fused-ring (bicyclic) bond motifs is 1. The lowest BCUT2D eigenvalue weighted by Crippen LogP contribution is -2.30. The van der Waals surface area contributed by atoms with Crippen LogP contribution in [0.3, 0.4) is 0 Å². The average molecular weight is 407 g/mol. The molecule has 2 aliphatic rings. The molecule has 3 atom stereocenters. The van der Waals surface area contributed by atoms with Crippen LogP contribution in [0.5, 0.6) is 11.5 Å². The van der Waals surface area contributed by atoms with Gasteiger partial charge in [-0.3, -0.25) is 14.4 Å². The molecule has 2 amide bonds. The maximum Gasteiger partial charge on any atom is 0.237 e. The molecule has 3 unspecified atom stereocenters. The van der Waals surface area contributed by atoms with Crippen molar-refractivity contribution < 1.29 is 23.9 Å². The Labute approximate surface area is 175 Å². The second kappa shape index (κ2) is 8.30. The molecule has 1 saturated heterocycles. The van der Waals surface area contributed by atoms with Gasteiger partial charge in [0.05, 0.1) is 24.6 Å². The van der Waals surface area contributed by atoms with E-state index in [-0.39, 0.29) is 36.0 Å². The van der Waals surface area contributed by atoms with Gasteiger partial charge in [0, 0.05) is 11.6 Å². The predicted octanol–water partition coefficient (Wildman–Crippen LogP) is 3.88. The van der Waals surface area contributed by atoms with Crippen LogP contribution < -0.4 is 14.4 Å². The molecule has 1 heterocycles. The van der Waals surface area contributed by atoms with E-state index in [1.165, 1.54) is 4.90 Å². The summed E-state index contributed by atoms with van der Waals surface area (Å²) in [5.41, 5.74) is 0.993. The zero-order valence-corrected chi connectivity index (χ0v) is 17.2. The normalized spacial score (nSPS) is 23.3. The molecule has 2 fully saturated rings. The summed E-state index contributed by atoms with van der Waals surface area (Å²) in [6.07, 6.45) is 2.50. The van der Waals surface area contributed by atoms with Crippen molar-refractivity contribution in [1.29, 1.82) is 0 Å². The van der Waals surface area contributed by atoms with Gasteiger partial charge in [0.25, 0.3) is 0 Å². The summed E-state index contributed by atoms with van der Waals surface area (Å²) in [7, 11) is 1.54. The predicted molar refractivity (Wildman–Crippen MR) is 112 cm³/mol. The van der Waals surface area contributed by atoms with Crippen LogP contribution in [0.15, 0.2) is 48.5 Å². The first-order chi connectivity index (χ1) is 14.5. The summed E-state index contributed by atoms with van der Waals surface area (Å²) >= 11 is 0. The standard InChI is InChI=1S/C24H25NO5/c1-15-9-10-20-21(11-15)24(28)25(23(20)27)17-6-4-8-19(13-17)30-14-22(26)16-5-3-7-18(12-16)29-2/h3-8,12-13,15,20-21H,9-11,14H2,1-2H3. The smallest absolute Gasteiger partial charge is 0.237 e. The van der Waals surface area contributed by atoms with E-state index in [9.17, 15) is 14.4 Å². The first-order valence-electron chi connectivity index (χ1n) is 10.3. The fourth-order valence-corrected chi connectivity index (χ4v) is 4.39. The molecule has 6 nitrogen and oxygen atoms in total. The van der Waals surface area contributed by atoms with Gasteiger partial charge in [-0.05, 0) is 49.4 Å². The van der Waals surface area contributed by atoms with Gasteiger partial charge in [0.2, 0.25) is 11.8 Å². The van der Waals surface area contributed by atoms with Gasteiger partial charge in [-0.15, -0.1) is 0 Å². The third-order valence-electron chi connectivity index (χ3n) is 6.03. The van der Waals surface area contributed by atoms with Crippen LogP contribution in [-0.4, -0.2) is 31.3 Å². The minimum Gasteiger partial charge on any atom is -0.497 e. The number of methoxy groups -OCH3 is 1. The molecule has 6 heteroatoms. The Morgan fingerprint density at radius 2 is 1.73 bits per heavy atom. The Morgan fingerprint density at radius 3 is 2.53 bits per heavy atom. The maximum absolute atomic E-state index is 12.9. The van der Waals surface area contributed by atoms with Crippen molar-refractivity contribution in [2.24, 2.45) is 17.8 Å². The first kappa shape index (κ1) is 20.1. The third kappa shape index (κ3) is 3.82. The first-order valence-corrected chi connectivity index (χ1v) is 10.3. The molecule has 2 aromatic rings. The molecule has 1 aliphatic heterocycles. The Hall–Kier alpha value is -3.15. The number of carbonyl (C=O) groups excluding carboxylic acids is 3. The highest BCUT2D eigenvalue weighted by atomic mass is 16.5. The highest BCUT2D eigenvalue weighted by molar-refractivity contribution is 6.22. The van der Waals surface area contributed by atoms with E-state index in [0.29, 0.717) is 28.7 Å².